The summed E-state index contributed by atoms with van der Waals surface area (Å²) in [7, 11) is 0. The molecule has 156 valence electrons. The zero-order chi connectivity index (χ0) is 21.3. The van der Waals surface area contributed by atoms with E-state index in [4.69, 9.17) is 4.42 Å². The largest absolute Gasteiger partial charge is 0.506 e. The molecule has 0 aliphatic rings. The number of carbonyl (C=O) groups excluding carboxylic acids is 2. The molecule has 0 saturated carbocycles. The lowest BCUT2D eigenvalue weighted by Gasteiger charge is -2.08. The first-order valence-corrected chi connectivity index (χ1v) is 9.94. The first-order valence-electron chi connectivity index (χ1n) is 9.94. The molecule has 0 bridgehead atoms. The Morgan fingerprint density at radius 2 is 1.40 bits per heavy atom. The number of hydrogen-bond acceptors (Lipinski definition) is 5. The van der Waals surface area contributed by atoms with Crippen molar-refractivity contribution in [1.82, 2.24) is 10.6 Å². The van der Waals surface area contributed by atoms with Gasteiger partial charge in [-0.3, -0.25) is 9.59 Å². The van der Waals surface area contributed by atoms with Crippen LogP contribution in [0.25, 0.3) is 11.0 Å². The van der Waals surface area contributed by atoms with Gasteiger partial charge in [0.05, 0.1) is 5.39 Å². The number of para-hydroxylation sites is 1. The fraction of sp³-hybridized carbons (Fsp3) is 0.261. The van der Waals surface area contributed by atoms with Crippen LogP contribution in [0.1, 0.15) is 46.4 Å². The van der Waals surface area contributed by atoms with Crippen LogP contribution in [-0.2, 0) is 0 Å². The van der Waals surface area contributed by atoms with Gasteiger partial charge in [-0.2, -0.15) is 0 Å². The van der Waals surface area contributed by atoms with Crippen LogP contribution in [0.4, 0.5) is 0 Å². The van der Waals surface area contributed by atoms with Crippen LogP contribution in [0.2, 0.25) is 0 Å². The van der Waals surface area contributed by atoms with Crippen LogP contribution in [0.15, 0.2) is 63.8 Å². The number of carbonyl (C=O) groups is 2. The summed E-state index contributed by atoms with van der Waals surface area (Å²) < 4.78 is 5.11. The van der Waals surface area contributed by atoms with Gasteiger partial charge >= 0.3 is 5.63 Å². The summed E-state index contributed by atoms with van der Waals surface area (Å²) >= 11 is 0. The lowest BCUT2D eigenvalue weighted by Crippen LogP contribution is -2.29. The molecule has 1 aromatic heterocycles. The van der Waals surface area contributed by atoms with Gasteiger partial charge in [0.1, 0.15) is 11.3 Å². The van der Waals surface area contributed by atoms with Gasteiger partial charge in [-0.1, -0.05) is 43.2 Å². The van der Waals surface area contributed by atoms with E-state index in [-0.39, 0.29) is 22.8 Å². The summed E-state index contributed by atoms with van der Waals surface area (Å²) in [5.74, 6) is -1.10. The number of unbranched alkanes of at least 4 members (excludes halogenated alkanes) is 3. The average Bonchev–Trinajstić information content (AvgIpc) is 2.76. The summed E-state index contributed by atoms with van der Waals surface area (Å²) in [6.07, 6.45) is 3.31. The lowest BCUT2D eigenvalue weighted by molar-refractivity contribution is 0.0939. The Kier molecular flexibility index (Phi) is 7.21. The molecule has 0 fully saturated rings. The van der Waals surface area contributed by atoms with Crippen LogP contribution in [-0.4, -0.2) is 30.0 Å². The molecule has 0 spiro atoms. The third-order valence-electron chi connectivity index (χ3n) is 4.72. The molecule has 30 heavy (non-hydrogen) atoms. The van der Waals surface area contributed by atoms with Crippen LogP contribution < -0.4 is 16.3 Å². The molecule has 3 rings (SSSR count). The number of rotatable bonds is 9. The number of fused-ring (bicyclic) bond motifs is 1. The average molecular weight is 408 g/mol. The highest BCUT2D eigenvalue weighted by molar-refractivity contribution is 6.01. The second kappa shape index (κ2) is 10.2. The van der Waals surface area contributed by atoms with Crippen molar-refractivity contribution < 1.29 is 19.1 Å². The molecule has 7 nitrogen and oxygen atoms in total. The van der Waals surface area contributed by atoms with Gasteiger partial charge in [-0.15, -0.1) is 0 Å². The van der Waals surface area contributed by atoms with Crippen molar-refractivity contribution in [1.29, 1.82) is 0 Å². The minimum Gasteiger partial charge on any atom is -0.506 e. The Bertz CT molecular complexity index is 1080. The summed E-state index contributed by atoms with van der Waals surface area (Å²) in [4.78, 5) is 36.2. The fourth-order valence-corrected chi connectivity index (χ4v) is 3.12. The molecule has 0 atom stereocenters. The Morgan fingerprint density at radius 3 is 2.10 bits per heavy atom. The zero-order valence-electron chi connectivity index (χ0n) is 16.5. The van der Waals surface area contributed by atoms with E-state index in [1.54, 1.807) is 36.4 Å². The molecular formula is C23H24N2O5. The Morgan fingerprint density at radius 1 is 0.800 bits per heavy atom. The molecule has 3 aromatic rings. The van der Waals surface area contributed by atoms with Crippen molar-refractivity contribution in [2.75, 3.05) is 13.1 Å². The standard InChI is InChI=1S/C23H24N2O5/c26-20-17-12-6-7-13-18(17)30-23(29)19(20)22(28)25-15-9-2-1-8-14-24-21(27)16-10-4-3-5-11-16/h3-7,10-13,26H,1-2,8-9,14-15H2,(H,24,27)(H,25,28). The number of amides is 2. The summed E-state index contributed by atoms with van der Waals surface area (Å²) in [6, 6.07) is 15.6. The normalized spacial score (nSPS) is 10.7. The van der Waals surface area contributed by atoms with Crippen LogP contribution >= 0.6 is 0 Å². The quantitative estimate of drug-likeness (QED) is 0.372. The number of hydrogen-bond donors (Lipinski definition) is 3. The molecule has 0 aliphatic heterocycles. The molecule has 2 amide bonds. The highest BCUT2D eigenvalue weighted by Gasteiger charge is 2.20. The maximum Gasteiger partial charge on any atom is 0.353 e. The van der Waals surface area contributed by atoms with Crippen LogP contribution in [0.3, 0.4) is 0 Å². The molecular weight excluding hydrogens is 384 g/mol. The predicted molar refractivity (Wildman–Crippen MR) is 114 cm³/mol. The van der Waals surface area contributed by atoms with Crippen molar-refractivity contribution in [3.63, 3.8) is 0 Å². The summed E-state index contributed by atoms with van der Waals surface area (Å²) in [6.45, 7) is 0.965. The molecule has 3 N–H and O–H groups in total. The summed E-state index contributed by atoms with van der Waals surface area (Å²) in [5, 5.41) is 16.1. The van der Waals surface area contributed by atoms with Crippen molar-refractivity contribution in [2.45, 2.75) is 25.7 Å². The minimum atomic E-state index is -0.863. The molecule has 0 radical (unpaired) electrons. The molecule has 1 heterocycles. The van der Waals surface area contributed by atoms with Crippen molar-refractivity contribution in [3.05, 3.63) is 76.1 Å². The van der Waals surface area contributed by atoms with Crippen LogP contribution in [0.5, 0.6) is 5.75 Å². The number of benzene rings is 2. The van der Waals surface area contributed by atoms with E-state index in [1.807, 2.05) is 18.2 Å². The molecule has 0 saturated heterocycles. The SMILES string of the molecule is O=C(NCCCCCCNC(=O)c1c(O)c2ccccc2oc1=O)c1ccccc1. The van der Waals surface area contributed by atoms with Gasteiger partial charge in [0.15, 0.2) is 5.56 Å². The fourth-order valence-electron chi connectivity index (χ4n) is 3.12. The third kappa shape index (κ3) is 5.26. The third-order valence-corrected chi connectivity index (χ3v) is 4.72. The monoisotopic (exact) mass is 408 g/mol. The molecule has 2 aromatic carbocycles. The van der Waals surface area contributed by atoms with Gasteiger partial charge in [0.2, 0.25) is 0 Å². The maximum atomic E-state index is 12.3. The van der Waals surface area contributed by atoms with Gasteiger partial charge < -0.3 is 20.2 Å². The lowest BCUT2D eigenvalue weighted by atomic mass is 10.1. The second-order valence-corrected chi connectivity index (χ2v) is 6.90. The van der Waals surface area contributed by atoms with Gasteiger partial charge in [0.25, 0.3) is 11.8 Å². The van der Waals surface area contributed by atoms with E-state index in [2.05, 4.69) is 10.6 Å². The van der Waals surface area contributed by atoms with Crippen LogP contribution in [0, 0.1) is 0 Å². The first-order chi connectivity index (χ1) is 14.6. The van der Waals surface area contributed by atoms with E-state index in [0.29, 0.717) is 24.0 Å². The second-order valence-electron chi connectivity index (χ2n) is 6.90. The molecule has 0 unspecified atom stereocenters. The zero-order valence-corrected chi connectivity index (χ0v) is 16.5. The predicted octanol–water partition coefficient (Wildman–Crippen LogP) is 3.22. The maximum absolute atomic E-state index is 12.3. The summed E-state index contributed by atoms with van der Waals surface area (Å²) in [5.41, 5.74) is -0.368. The Balaban J connectivity index is 1.37. The smallest absolute Gasteiger partial charge is 0.353 e. The van der Waals surface area contributed by atoms with Gasteiger partial charge in [-0.05, 0) is 37.1 Å². The van der Waals surface area contributed by atoms with E-state index >= 15 is 0 Å². The van der Waals surface area contributed by atoms with E-state index in [0.717, 1.165) is 25.7 Å². The highest BCUT2D eigenvalue weighted by Crippen LogP contribution is 2.25. The first kappa shape index (κ1) is 21.1. The Hall–Kier alpha value is -3.61. The molecule has 7 heteroatoms. The van der Waals surface area contributed by atoms with E-state index in [1.165, 1.54) is 0 Å². The number of nitrogens with one attached hydrogen (secondary N) is 2. The minimum absolute atomic E-state index is 0.0862. The van der Waals surface area contributed by atoms with Crippen molar-refractivity contribution in [3.8, 4) is 5.75 Å². The highest BCUT2D eigenvalue weighted by atomic mass is 16.4. The topological polar surface area (TPSA) is 109 Å². The van der Waals surface area contributed by atoms with E-state index in [9.17, 15) is 19.5 Å². The van der Waals surface area contributed by atoms with Gasteiger partial charge in [-0.25, -0.2) is 4.79 Å². The van der Waals surface area contributed by atoms with E-state index < -0.39 is 11.5 Å². The van der Waals surface area contributed by atoms with Gasteiger partial charge in [0, 0.05) is 18.7 Å². The number of aromatic hydroxyl groups is 1. The Labute approximate surface area is 173 Å². The van der Waals surface area contributed by atoms with Crippen molar-refractivity contribution >= 4 is 22.8 Å². The van der Waals surface area contributed by atoms with Crippen molar-refractivity contribution in [2.24, 2.45) is 0 Å². The molecule has 0 aliphatic carbocycles.